The van der Waals surface area contributed by atoms with E-state index in [1.165, 1.54) is 0 Å². The Hall–Kier alpha value is -1.49. The molecule has 5 heteroatoms. The molecule has 0 aromatic heterocycles. The second-order valence-corrected chi connectivity index (χ2v) is 6.48. The summed E-state index contributed by atoms with van der Waals surface area (Å²) in [5.74, 6) is -0.248. The molecule has 3 unspecified atom stereocenters. The molecule has 0 N–H and O–H groups in total. The van der Waals surface area contributed by atoms with E-state index in [2.05, 4.69) is 4.90 Å². The van der Waals surface area contributed by atoms with E-state index in [9.17, 15) is 13.6 Å². The molecular weight excluding hydrogens is 298 g/mol. The number of anilines is 1. The van der Waals surface area contributed by atoms with Crippen LogP contribution in [0.3, 0.4) is 0 Å². The van der Waals surface area contributed by atoms with E-state index in [-0.39, 0.29) is 24.4 Å². The van der Waals surface area contributed by atoms with Gasteiger partial charge in [0, 0.05) is 18.2 Å². The lowest BCUT2D eigenvalue weighted by Crippen LogP contribution is -2.50. The van der Waals surface area contributed by atoms with Gasteiger partial charge >= 0.3 is 0 Å². The number of nitrogens with zero attached hydrogens (tertiary/aromatic N) is 2. The van der Waals surface area contributed by atoms with Crippen molar-refractivity contribution in [3.05, 3.63) is 30.3 Å². The molecule has 2 fully saturated rings. The van der Waals surface area contributed by atoms with Gasteiger partial charge in [0.15, 0.2) is 0 Å². The summed E-state index contributed by atoms with van der Waals surface area (Å²) in [4.78, 5) is 16.5. The molecule has 1 saturated carbocycles. The number of alkyl halides is 2. The van der Waals surface area contributed by atoms with Gasteiger partial charge in [-0.3, -0.25) is 14.1 Å². The molecule has 126 valence electrons. The molecule has 3 rings (SSSR count). The van der Waals surface area contributed by atoms with Crippen molar-refractivity contribution in [1.29, 1.82) is 0 Å². The average molecular weight is 322 g/mol. The van der Waals surface area contributed by atoms with Crippen LogP contribution in [0.25, 0.3) is 0 Å². The number of hydrogen-bond donors (Lipinski definition) is 0. The summed E-state index contributed by atoms with van der Waals surface area (Å²) in [6.45, 7) is 1.25. The van der Waals surface area contributed by atoms with Gasteiger partial charge in [0.2, 0.25) is 5.91 Å². The second-order valence-electron chi connectivity index (χ2n) is 6.48. The van der Waals surface area contributed by atoms with Crippen molar-refractivity contribution in [2.45, 2.75) is 50.4 Å². The maximum absolute atomic E-state index is 14.2. The van der Waals surface area contributed by atoms with Gasteiger partial charge in [-0.2, -0.15) is 0 Å². The first kappa shape index (κ1) is 16.4. The van der Waals surface area contributed by atoms with E-state index < -0.39 is 12.8 Å². The minimum Gasteiger partial charge on any atom is -0.308 e. The van der Waals surface area contributed by atoms with Crippen LogP contribution >= 0.6 is 0 Å². The SMILES string of the molecule is O=C(CCF)N(c1ccccc1)C1CC(F)CC1N1CCCC1. The Morgan fingerprint density at radius 1 is 1.17 bits per heavy atom. The highest BCUT2D eigenvalue weighted by Crippen LogP contribution is 2.35. The molecule has 0 bridgehead atoms. The molecule has 23 heavy (non-hydrogen) atoms. The number of para-hydroxylation sites is 1. The van der Waals surface area contributed by atoms with Gasteiger partial charge in [0.1, 0.15) is 6.17 Å². The lowest BCUT2D eigenvalue weighted by Gasteiger charge is -2.37. The molecule has 1 heterocycles. The molecule has 2 aliphatic rings. The zero-order valence-electron chi connectivity index (χ0n) is 13.3. The lowest BCUT2D eigenvalue weighted by atomic mass is 10.1. The zero-order chi connectivity index (χ0) is 16.2. The Morgan fingerprint density at radius 3 is 2.52 bits per heavy atom. The molecule has 0 radical (unpaired) electrons. The third kappa shape index (κ3) is 3.55. The number of likely N-dealkylation sites (tertiary alicyclic amines) is 1. The maximum Gasteiger partial charge on any atom is 0.229 e. The quantitative estimate of drug-likeness (QED) is 0.830. The van der Waals surface area contributed by atoms with E-state index in [1.54, 1.807) is 4.90 Å². The maximum atomic E-state index is 14.2. The highest BCUT2D eigenvalue weighted by atomic mass is 19.1. The minimum atomic E-state index is -0.894. The number of rotatable bonds is 5. The summed E-state index contributed by atoms with van der Waals surface area (Å²) >= 11 is 0. The van der Waals surface area contributed by atoms with Crippen LogP contribution in [0.15, 0.2) is 30.3 Å². The molecule has 1 aliphatic carbocycles. The predicted octanol–water partition coefficient (Wildman–Crippen LogP) is 3.34. The average Bonchev–Trinajstić information content (AvgIpc) is 3.18. The number of hydrogen-bond acceptors (Lipinski definition) is 2. The molecule has 3 atom stereocenters. The monoisotopic (exact) mass is 322 g/mol. The highest BCUT2D eigenvalue weighted by Gasteiger charge is 2.43. The van der Waals surface area contributed by atoms with E-state index >= 15 is 0 Å². The molecular formula is C18H24F2N2O. The number of halogens is 2. The molecule has 1 aromatic carbocycles. The Labute approximate surface area is 136 Å². The third-order valence-corrected chi connectivity index (χ3v) is 4.99. The van der Waals surface area contributed by atoms with E-state index in [1.807, 2.05) is 30.3 Å². The van der Waals surface area contributed by atoms with E-state index in [0.717, 1.165) is 31.6 Å². The summed E-state index contributed by atoms with van der Waals surface area (Å²) < 4.78 is 26.9. The van der Waals surface area contributed by atoms with Gasteiger partial charge < -0.3 is 4.90 Å². The number of carbonyl (C=O) groups is 1. The van der Waals surface area contributed by atoms with E-state index in [0.29, 0.717) is 12.8 Å². The van der Waals surface area contributed by atoms with Crippen LogP contribution in [0.4, 0.5) is 14.5 Å². The fourth-order valence-corrected chi connectivity index (χ4v) is 3.99. The second kappa shape index (κ2) is 7.39. The van der Waals surface area contributed by atoms with Crippen LogP contribution in [0.2, 0.25) is 0 Å². The van der Waals surface area contributed by atoms with Crippen molar-refractivity contribution in [3.8, 4) is 0 Å². The summed E-state index contributed by atoms with van der Waals surface area (Å²) in [5.41, 5.74) is 0.745. The van der Waals surface area contributed by atoms with Gasteiger partial charge in [0.05, 0.1) is 19.1 Å². The van der Waals surface area contributed by atoms with Crippen molar-refractivity contribution in [3.63, 3.8) is 0 Å². The summed E-state index contributed by atoms with van der Waals surface area (Å²) in [6, 6.07) is 9.13. The van der Waals surface area contributed by atoms with Crippen molar-refractivity contribution in [1.82, 2.24) is 4.90 Å². The largest absolute Gasteiger partial charge is 0.308 e. The Morgan fingerprint density at radius 2 is 1.87 bits per heavy atom. The first-order valence-corrected chi connectivity index (χ1v) is 8.52. The van der Waals surface area contributed by atoms with Gasteiger partial charge in [-0.05, 0) is 44.5 Å². The molecule has 1 amide bonds. The van der Waals surface area contributed by atoms with Gasteiger partial charge in [0.25, 0.3) is 0 Å². The van der Waals surface area contributed by atoms with Crippen LogP contribution in [-0.4, -0.2) is 48.8 Å². The molecule has 1 aromatic rings. The molecule has 1 aliphatic heterocycles. The third-order valence-electron chi connectivity index (χ3n) is 4.99. The molecule has 1 saturated heterocycles. The first-order chi connectivity index (χ1) is 11.2. The number of amides is 1. The van der Waals surface area contributed by atoms with Gasteiger partial charge in [-0.25, -0.2) is 4.39 Å². The fourth-order valence-electron chi connectivity index (χ4n) is 3.99. The number of carbonyl (C=O) groups excluding carboxylic acids is 1. The summed E-state index contributed by atoms with van der Waals surface area (Å²) in [7, 11) is 0. The fraction of sp³-hybridized carbons (Fsp3) is 0.611. The van der Waals surface area contributed by atoms with Crippen LogP contribution in [0.1, 0.15) is 32.1 Å². The zero-order valence-corrected chi connectivity index (χ0v) is 13.3. The lowest BCUT2D eigenvalue weighted by molar-refractivity contribution is -0.119. The van der Waals surface area contributed by atoms with Crippen LogP contribution in [0.5, 0.6) is 0 Å². The van der Waals surface area contributed by atoms with Gasteiger partial charge in [-0.1, -0.05) is 18.2 Å². The molecule has 3 nitrogen and oxygen atoms in total. The highest BCUT2D eigenvalue weighted by molar-refractivity contribution is 5.94. The van der Waals surface area contributed by atoms with Crippen molar-refractivity contribution < 1.29 is 13.6 Å². The van der Waals surface area contributed by atoms with Crippen LogP contribution in [-0.2, 0) is 4.79 Å². The minimum absolute atomic E-state index is 0.0382. The predicted molar refractivity (Wildman–Crippen MR) is 87.0 cm³/mol. The smallest absolute Gasteiger partial charge is 0.229 e. The molecule has 0 spiro atoms. The summed E-state index contributed by atoms with van der Waals surface area (Å²) in [5, 5.41) is 0. The van der Waals surface area contributed by atoms with Crippen LogP contribution < -0.4 is 4.90 Å². The van der Waals surface area contributed by atoms with Crippen molar-refractivity contribution in [2.24, 2.45) is 0 Å². The van der Waals surface area contributed by atoms with Gasteiger partial charge in [-0.15, -0.1) is 0 Å². The Bertz CT molecular complexity index is 519. The van der Waals surface area contributed by atoms with E-state index in [4.69, 9.17) is 0 Å². The normalized spacial score (nSPS) is 28.2. The van der Waals surface area contributed by atoms with Crippen molar-refractivity contribution in [2.75, 3.05) is 24.7 Å². The topological polar surface area (TPSA) is 23.6 Å². The standard InChI is InChI=1S/C18H24F2N2O/c19-9-8-18(23)22(15-6-2-1-3-7-15)17-13-14(20)12-16(17)21-10-4-5-11-21/h1-3,6-7,14,16-17H,4-5,8-13H2. The number of benzene rings is 1. The summed E-state index contributed by atoms with van der Waals surface area (Å²) in [6.07, 6.45) is 2.03. The Kier molecular flexibility index (Phi) is 5.26. The van der Waals surface area contributed by atoms with Crippen molar-refractivity contribution >= 4 is 11.6 Å². The van der Waals surface area contributed by atoms with Crippen LogP contribution in [0, 0.1) is 0 Å². The Balaban J connectivity index is 1.89. The first-order valence-electron chi connectivity index (χ1n) is 8.52.